The van der Waals surface area contributed by atoms with Crippen LogP contribution in [0.5, 0.6) is 0 Å². The van der Waals surface area contributed by atoms with Crippen LogP contribution in [0.3, 0.4) is 0 Å². The number of aliphatic hydroxyl groups excluding tert-OH is 1. The zero-order valence-corrected chi connectivity index (χ0v) is 13.4. The predicted octanol–water partition coefficient (Wildman–Crippen LogP) is 2.38. The number of fused-ring (bicyclic) bond motifs is 1. The van der Waals surface area contributed by atoms with E-state index in [1.807, 2.05) is 4.90 Å². The second-order valence-corrected chi connectivity index (χ2v) is 6.23. The lowest BCUT2D eigenvalue weighted by Gasteiger charge is -2.35. The third kappa shape index (κ3) is 3.26. The topological polar surface area (TPSA) is 99.5 Å². The summed E-state index contributed by atoms with van der Waals surface area (Å²) < 4.78 is 0. The van der Waals surface area contributed by atoms with Crippen molar-refractivity contribution in [3.63, 3.8) is 0 Å². The molecule has 0 saturated carbocycles. The molecule has 1 aliphatic heterocycles. The van der Waals surface area contributed by atoms with Crippen LogP contribution in [0, 0.1) is 10.1 Å². The first kappa shape index (κ1) is 16.4. The Morgan fingerprint density at radius 3 is 3.00 bits per heavy atom. The fourth-order valence-electron chi connectivity index (χ4n) is 3.47. The highest BCUT2D eigenvalue weighted by Gasteiger charge is 2.26. The van der Waals surface area contributed by atoms with Crippen molar-refractivity contribution in [2.45, 2.75) is 38.1 Å². The molecule has 128 valence electrons. The Balaban J connectivity index is 1.82. The van der Waals surface area contributed by atoms with E-state index in [0.29, 0.717) is 18.4 Å². The molecular weight excluding hydrogens is 310 g/mol. The van der Waals surface area contributed by atoms with Gasteiger partial charge in [0.15, 0.2) is 0 Å². The minimum Gasteiger partial charge on any atom is -0.396 e. The molecule has 24 heavy (non-hydrogen) atoms. The van der Waals surface area contributed by atoms with E-state index in [1.165, 1.54) is 12.1 Å². The maximum atomic E-state index is 12.7. The molecule has 2 heterocycles. The van der Waals surface area contributed by atoms with E-state index in [2.05, 4.69) is 4.98 Å². The number of hydrogen-bond acceptors (Lipinski definition) is 4. The van der Waals surface area contributed by atoms with Gasteiger partial charge in [0.25, 0.3) is 5.69 Å². The van der Waals surface area contributed by atoms with Crippen LogP contribution < -0.4 is 0 Å². The lowest BCUT2D eigenvalue weighted by atomic mass is 9.98. The van der Waals surface area contributed by atoms with Gasteiger partial charge in [0.1, 0.15) is 0 Å². The van der Waals surface area contributed by atoms with Crippen LogP contribution in [0.4, 0.5) is 5.69 Å². The minimum absolute atomic E-state index is 0.0144. The number of nitro benzene ring substituents is 1. The number of nitrogens with one attached hydrogen (secondary N) is 1. The lowest BCUT2D eigenvalue weighted by molar-refractivity contribution is -0.384. The van der Waals surface area contributed by atoms with Gasteiger partial charge < -0.3 is 15.0 Å². The normalized spacial score (nSPS) is 18.0. The second kappa shape index (κ2) is 7.00. The molecule has 3 rings (SSSR count). The first-order chi connectivity index (χ1) is 11.6. The summed E-state index contributed by atoms with van der Waals surface area (Å²) in [6.07, 6.45) is 5.54. The number of aliphatic hydroxyl groups is 1. The Kier molecular flexibility index (Phi) is 4.80. The molecule has 0 aliphatic carbocycles. The smallest absolute Gasteiger partial charge is 0.270 e. The van der Waals surface area contributed by atoms with Crippen LogP contribution in [-0.2, 0) is 11.2 Å². The number of nitrogens with zero attached hydrogens (tertiary/aromatic N) is 2. The van der Waals surface area contributed by atoms with Crippen LogP contribution in [0.2, 0.25) is 0 Å². The number of benzene rings is 1. The molecule has 1 fully saturated rings. The number of likely N-dealkylation sites (tertiary alicyclic amines) is 1. The fourth-order valence-corrected chi connectivity index (χ4v) is 3.47. The molecule has 1 aliphatic rings. The predicted molar refractivity (Wildman–Crippen MR) is 89.7 cm³/mol. The number of aromatic amines is 1. The molecule has 1 atom stereocenters. The lowest BCUT2D eigenvalue weighted by Crippen LogP contribution is -2.44. The highest BCUT2D eigenvalue weighted by Crippen LogP contribution is 2.26. The van der Waals surface area contributed by atoms with Gasteiger partial charge in [0.05, 0.1) is 11.3 Å². The summed E-state index contributed by atoms with van der Waals surface area (Å²) in [6.45, 7) is 0.791. The molecule has 0 bridgehead atoms. The number of carbonyl (C=O) groups excluding carboxylic acids is 1. The summed E-state index contributed by atoms with van der Waals surface area (Å²) in [5.74, 6) is 0.0144. The van der Waals surface area contributed by atoms with Gasteiger partial charge in [-0.3, -0.25) is 14.9 Å². The van der Waals surface area contributed by atoms with Crippen molar-refractivity contribution in [2.75, 3.05) is 13.2 Å². The summed E-state index contributed by atoms with van der Waals surface area (Å²) >= 11 is 0. The molecule has 7 nitrogen and oxygen atoms in total. The monoisotopic (exact) mass is 331 g/mol. The summed E-state index contributed by atoms with van der Waals surface area (Å²) in [7, 11) is 0. The number of non-ortho nitro benzene ring substituents is 1. The van der Waals surface area contributed by atoms with Crippen molar-refractivity contribution < 1.29 is 14.8 Å². The minimum atomic E-state index is -0.431. The van der Waals surface area contributed by atoms with Crippen molar-refractivity contribution in [1.29, 1.82) is 0 Å². The van der Waals surface area contributed by atoms with Gasteiger partial charge in [0.2, 0.25) is 5.91 Å². The molecule has 1 aromatic heterocycles. The first-order valence-corrected chi connectivity index (χ1v) is 8.25. The number of rotatable bonds is 5. The maximum Gasteiger partial charge on any atom is 0.270 e. The summed E-state index contributed by atoms with van der Waals surface area (Å²) in [4.78, 5) is 28.2. The molecule has 0 spiro atoms. The van der Waals surface area contributed by atoms with E-state index in [-0.39, 0.29) is 30.7 Å². The van der Waals surface area contributed by atoms with E-state index < -0.39 is 4.92 Å². The zero-order chi connectivity index (χ0) is 17.1. The van der Waals surface area contributed by atoms with Crippen molar-refractivity contribution in [2.24, 2.45) is 0 Å². The molecule has 7 heteroatoms. The number of hydrogen-bond donors (Lipinski definition) is 2. The number of amides is 1. The van der Waals surface area contributed by atoms with Gasteiger partial charge in [-0.2, -0.15) is 0 Å². The summed E-state index contributed by atoms with van der Waals surface area (Å²) in [5, 5.41) is 20.9. The quantitative estimate of drug-likeness (QED) is 0.649. The van der Waals surface area contributed by atoms with Crippen molar-refractivity contribution in [3.05, 3.63) is 40.1 Å². The largest absolute Gasteiger partial charge is 0.396 e. The highest BCUT2D eigenvalue weighted by molar-refractivity contribution is 5.90. The Hall–Kier alpha value is -2.41. The van der Waals surface area contributed by atoms with Gasteiger partial charge in [0, 0.05) is 48.4 Å². The van der Waals surface area contributed by atoms with E-state index in [4.69, 9.17) is 0 Å². The van der Waals surface area contributed by atoms with Crippen molar-refractivity contribution in [3.8, 4) is 0 Å². The molecule has 1 aromatic carbocycles. The number of aromatic nitrogens is 1. The van der Waals surface area contributed by atoms with Gasteiger partial charge in [-0.1, -0.05) is 0 Å². The van der Waals surface area contributed by atoms with E-state index in [9.17, 15) is 20.0 Å². The standard InChI is InChI=1S/C17H21N3O4/c21-8-6-13-3-1-2-7-19(13)17(22)9-12-11-18-16-5-4-14(20(23)24)10-15(12)16/h4-5,10-11,13,18,21H,1-3,6-9H2. The van der Waals surface area contributed by atoms with Crippen LogP contribution in [-0.4, -0.2) is 45.0 Å². The summed E-state index contributed by atoms with van der Waals surface area (Å²) in [5.41, 5.74) is 1.58. The molecule has 2 aromatic rings. The van der Waals surface area contributed by atoms with Crippen molar-refractivity contribution in [1.82, 2.24) is 9.88 Å². The highest BCUT2D eigenvalue weighted by atomic mass is 16.6. The molecule has 0 radical (unpaired) electrons. The molecular formula is C17H21N3O4. The Morgan fingerprint density at radius 2 is 2.25 bits per heavy atom. The van der Waals surface area contributed by atoms with Crippen LogP contribution in [0.1, 0.15) is 31.2 Å². The van der Waals surface area contributed by atoms with Crippen LogP contribution >= 0.6 is 0 Å². The van der Waals surface area contributed by atoms with Crippen LogP contribution in [0.15, 0.2) is 24.4 Å². The van der Waals surface area contributed by atoms with Gasteiger partial charge in [-0.05, 0) is 37.3 Å². The second-order valence-electron chi connectivity index (χ2n) is 6.23. The van der Waals surface area contributed by atoms with Gasteiger partial charge in [-0.15, -0.1) is 0 Å². The van der Waals surface area contributed by atoms with Crippen molar-refractivity contribution >= 4 is 22.5 Å². The number of H-pyrrole nitrogens is 1. The molecule has 2 N–H and O–H groups in total. The average Bonchev–Trinajstić information content (AvgIpc) is 2.98. The third-order valence-electron chi connectivity index (χ3n) is 4.71. The van der Waals surface area contributed by atoms with Gasteiger partial charge in [-0.25, -0.2) is 0 Å². The Labute approximate surface area is 139 Å². The molecule has 1 unspecified atom stereocenters. The number of piperidine rings is 1. The maximum absolute atomic E-state index is 12.7. The number of nitro groups is 1. The first-order valence-electron chi connectivity index (χ1n) is 8.25. The number of carbonyl (C=O) groups is 1. The van der Waals surface area contributed by atoms with Gasteiger partial charge >= 0.3 is 0 Å². The van der Waals surface area contributed by atoms with E-state index >= 15 is 0 Å². The SMILES string of the molecule is O=C(Cc1c[nH]c2ccc([N+](=O)[O-])cc12)N1CCCCC1CCO. The summed E-state index contributed by atoms with van der Waals surface area (Å²) in [6, 6.07) is 4.72. The zero-order valence-electron chi connectivity index (χ0n) is 13.4. The Bertz CT molecular complexity index is 753. The average molecular weight is 331 g/mol. The molecule has 1 saturated heterocycles. The third-order valence-corrected chi connectivity index (χ3v) is 4.71. The fraction of sp³-hybridized carbons (Fsp3) is 0.471. The molecule has 1 amide bonds. The van der Waals surface area contributed by atoms with E-state index in [1.54, 1.807) is 12.3 Å². The Morgan fingerprint density at radius 1 is 1.42 bits per heavy atom. The van der Waals surface area contributed by atoms with E-state index in [0.717, 1.165) is 30.3 Å². The van der Waals surface area contributed by atoms with Crippen LogP contribution in [0.25, 0.3) is 10.9 Å².